The fourth-order valence-corrected chi connectivity index (χ4v) is 4.40. The summed E-state index contributed by atoms with van der Waals surface area (Å²) in [6.45, 7) is 0. The molecular formula is C16H22O8. The average molecular weight is 342 g/mol. The third-order valence-electron chi connectivity index (χ3n) is 5.72. The Balaban J connectivity index is 2.09. The molecule has 0 bridgehead atoms. The Morgan fingerprint density at radius 3 is 1.04 bits per heavy atom. The van der Waals surface area contributed by atoms with Gasteiger partial charge in [-0.25, -0.2) is 0 Å². The van der Waals surface area contributed by atoms with E-state index in [1.807, 2.05) is 0 Å². The van der Waals surface area contributed by atoms with Crippen LogP contribution in [0.25, 0.3) is 0 Å². The molecule has 0 amide bonds. The van der Waals surface area contributed by atoms with Gasteiger partial charge >= 0.3 is 23.9 Å². The standard InChI is InChI=1S/C16H22O8/c17-13(18)9-3-1-7(5-11(9)15(21)22)8-2-4-10(14(19)20)12(6-8)16(23)24/h7-12H,1-6H2,(H,17,18)(H,19,20)(H,21,22)(H,23,24)/t7-,8+,9+,10-,11-,12+. The van der Waals surface area contributed by atoms with Crippen LogP contribution in [0.1, 0.15) is 38.5 Å². The van der Waals surface area contributed by atoms with Crippen LogP contribution in [0.4, 0.5) is 0 Å². The SMILES string of the molecule is O=C(O)[C@H]1C[C@@H]([C@@H]2CC[C@H](C(=O)O)[C@H](C(=O)O)C2)CC[C@H]1C(=O)O. The summed E-state index contributed by atoms with van der Waals surface area (Å²) in [5.41, 5.74) is 0. The summed E-state index contributed by atoms with van der Waals surface area (Å²) in [5, 5.41) is 36.9. The van der Waals surface area contributed by atoms with Gasteiger partial charge in [-0.3, -0.25) is 19.2 Å². The van der Waals surface area contributed by atoms with Crippen LogP contribution >= 0.6 is 0 Å². The number of hydrogen-bond acceptors (Lipinski definition) is 4. The van der Waals surface area contributed by atoms with Gasteiger partial charge in [-0.05, 0) is 50.4 Å². The molecule has 4 N–H and O–H groups in total. The Labute approximate surface area is 138 Å². The van der Waals surface area contributed by atoms with Gasteiger partial charge in [-0.2, -0.15) is 0 Å². The summed E-state index contributed by atoms with van der Waals surface area (Å²) in [4.78, 5) is 45.2. The van der Waals surface area contributed by atoms with Gasteiger partial charge in [0.15, 0.2) is 0 Å². The van der Waals surface area contributed by atoms with Crippen LogP contribution in [0.5, 0.6) is 0 Å². The van der Waals surface area contributed by atoms with Crippen molar-refractivity contribution in [2.75, 3.05) is 0 Å². The fourth-order valence-electron chi connectivity index (χ4n) is 4.40. The quantitative estimate of drug-likeness (QED) is 0.585. The number of hydrogen-bond donors (Lipinski definition) is 4. The largest absolute Gasteiger partial charge is 0.481 e. The molecule has 0 aromatic rings. The van der Waals surface area contributed by atoms with Crippen molar-refractivity contribution in [3.8, 4) is 0 Å². The van der Waals surface area contributed by atoms with Crippen LogP contribution in [0, 0.1) is 35.5 Å². The van der Waals surface area contributed by atoms with Crippen molar-refractivity contribution >= 4 is 23.9 Å². The summed E-state index contributed by atoms with van der Waals surface area (Å²) < 4.78 is 0. The molecular weight excluding hydrogens is 320 g/mol. The highest BCUT2D eigenvalue weighted by molar-refractivity contribution is 5.81. The molecule has 0 unspecified atom stereocenters. The van der Waals surface area contributed by atoms with Crippen molar-refractivity contribution in [1.29, 1.82) is 0 Å². The molecule has 2 fully saturated rings. The van der Waals surface area contributed by atoms with Gasteiger partial charge in [-0.15, -0.1) is 0 Å². The van der Waals surface area contributed by atoms with Gasteiger partial charge in [0.1, 0.15) is 0 Å². The molecule has 2 aliphatic rings. The summed E-state index contributed by atoms with van der Waals surface area (Å²) >= 11 is 0. The molecule has 0 radical (unpaired) electrons. The first-order valence-electron chi connectivity index (χ1n) is 8.13. The summed E-state index contributed by atoms with van der Waals surface area (Å²) in [6.07, 6.45) is 2.01. The van der Waals surface area contributed by atoms with E-state index in [0.717, 1.165) is 0 Å². The molecule has 0 spiro atoms. The predicted octanol–water partition coefficient (Wildman–Crippen LogP) is 1.39. The third kappa shape index (κ3) is 3.68. The van der Waals surface area contributed by atoms with Gasteiger partial charge in [0, 0.05) is 0 Å². The number of rotatable bonds is 5. The molecule has 134 valence electrons. The third-order valence-corrected chi connectivity index (χ3v) is 5.72. The minimum absolute atomic E-state index is 0.0710. The van der Waals surface area contributed by atoms with Crippen molar-refractivity contribution in [3.05, 3.63) is 0 Å². The van der Waals surface area contributed by atoms with Gasteiger partial charge in [-0.1, -0.05) is 0 Å². The zero-order valence-electron chi connectivity index (χ0n) is 13.1. The molecule has 0 aromatic carbocycles. The number of carboxylic acids is 4. The molecule has 6 atom stereocenters. The molecule has 8 nitrogen and oxygen atoms in total. The molecule has 0 aliphatic heterocycles. The number of carbonyl (C=O) groups is 4. The summed E-state index contributed by atoms with van der Waals surface area (Å²) in [5.74, 6) is -8.41. The molecule has 24 heavy (non-hydrogen) atoms. The number of carboxylic acid groups (broad SMARTS) is 4. The van der Waals surface area contributed by atoms with Crippen LogP contribution < -0.4 is 0 Å². The minimum atomic E-state index is -1.14. The Hall–Kier alpha value is -2.12. The maximum Gasteiger partial charge on any atom is 0.307 e. The minimum Gasteiger partial charge on any atom is -0.481 e. The molecule has 0 heterocycles. The molecule has 2 saturated carbocycles. The Kier molecular flexibility index (Phi) is 5.46. The maximum atomic E-state index is 11.4. The Morgan fingerprint density at radius 1 is 0.500 bits per heavy atom. The Morgan fingerprint density at radius 2 is 0.792 bits per heavy atom. The zero-order valence-corrected chi connectivity index (χ0v) is 13.1. The van der Waals surface area contributed by atoms with E-state index < -0.39 is 47.5 Å². The van der Waals surface area contributed by atoms with E-state index >= 15 is 0 Å². The highest BCUT2D eigenvalue weighted by atomic mass is 16.4. The lowest BCUT2D eigenvalue weighted by Gasteiger charge is -2.40. The van der Waals surface area contributed by atoms with Gasteiger partial charge in [0.2, 0.25) is 0 Å². The van der Waals surface area contributed by atoms with E-state index in [1.165, 1.54) is 0 Å². The van der Waals surface area contributed by atoms with Gasteiger partial charge in [0.25, 0.3) is 0 Å². The fraction of sp³-hybridized carbons (Fsp3) is 0.750. The lowest BCUT2D eigenvalue weighted by Crippen LogP contribution is -2.41. The van der Waals surface area contributed by atoms with Gasteiger partial charge < -0.3 is 20.4 Å². The zero-order chi connectivity index (χ0) is 18.0. The second-order valence-electron chi connectivity index (χ2n) is 6.93. The lowest BCUT2D eigenvalue weighted by atomic mass is 9.63. The molecule has 0 saturated heterocycles. The highest BCUT2D eigenvalue weighted by Crippen LogP contribution is 2.45. The van der Waals surface area contributed by atoms with Crippen molar-refractivity contribution in [1.82, 2.24) is 0 Å². The lowest BCUT2D eigenvalue weighted by molar-refractivity contribution is -0.159. The molecule has 2 aliphatic carbocycles. The van der Waals surface area contributed by atoms with E-state index in [-0.39, 0.29) is 37.5 Å². The van der Waals surface area contributed by atoms with E-state index in [0.29, 0.717) is 12.8 Å². The molecule has 8 heteroatoms. The average Bonchev–Trinajstić information content (AvgIpc) is 2.53. The van der Waals surface area contributed by atoms with E-state index in [1.54, 1.807) is 0 Å². The van der Waals surface area contributed by atoms with Crippen LogP contribution in [-0.4, -0.2) is 44.3 Å². The maximum absolute atomic E-state index is 11.4. The summed E-state index contributed by atoms with van der Waals surface area (Å²) in [6, 6.07) is 0. The van der Waals surface area contributed by atoms with Crippen LogP contribution in [0.15, 0.2) is 0 Å². The molecule has 0 aromatic heterocycles. The smallest absolute Gasteiger partial charge is 0.307 e. The topological polar surface area (TPSA) is 149 Å². The van der Waals surface area contributed by atoms with Crippen LogP contribution in [-0.2, 0) is 19.2 Å². The van der Waals surface area contributed by atoms with Crippen LogP contribution in [0.2, 0.25) is 0 Å². The predicted molar refractivity (Wildman–Crippen MR) is 79.2 cm³/mol. The van der Waals surface area contributed by atoms with Crippen LogP contribution in [0.3, 0.4) is 0 Å². The van der Waals surface area contributed by atoms with Gasteiger partial charge in [0.05, 0.1) is 23.7 Å². The first kappa shape index (κ1) is 18.2. The van der Waals surface area contributed by atoms with E-state index in [9.17, 15) is 29.4 Å². The first-order chi connectivity index (χ1) is 11.2. The summed E-state index contributed by atoms with van der Waals surface area (Å²) in [7, 11) is 0. The normalized spacial score (nSPS) is 36.7. The second kappa shape index (κ2) is 7.19. The monoisotopic (exact) mass is 342 g/mol. The number of aliphatic carboxylic acids is 4. The van der Waals surface area contributed by atoms with E-state index in [4.69, 9.17) is 10.2 Å². The van der Waals surface area contributed by atoms with Crippen molar-refractivity contribution < 1.29 is 39.6 Å². The Bertz CT molecular complexity index is 494. The molecule has 2 rings (SSSR count). The highest BCUT2D eigenvalue weighted by Gasteiger charge is 2.45. The van der Waals surface area contributed by atoms with Crippen molar-refractivity contribution in [2.24, 2.45) is 35.5 Å². The van der Waals surface area contributed by atoms with Crippen molar-refractivity contribution in [2.45, 2.75) is 38.5 Å². The van der Waals surface area contributed by atoms with Crippen molar-refractivity contribution in [3.63, 3.8) is 0 Å². The second-order valence-corrected chi connectivity index (χ2v) is 6.93. The van der Waals surface area contributed by atoms with E-state index in [2.05, 4.69) is 0 Å². The first-order valence-corrected chi connectivity index (χ1v) is 8.13.